The lowest BCUT2D eigenvalue weighted by Gasteiger charge is -2.21. The molecular weight excluding hydrogens is 480 g/mol. The Morgan fingerprint density at radius 2 is 0.947 bits per heavy atom. The number of ether oxygens (including phenoxy) is 2. The SMILES string of the molecule is O=C(O)[C@@H](Cc1ccccc1)[C@H](Cc1ccc(OCc2ccccc2)c(OCc2ccccc2)c1)C(=O)O. The van der Waals surface area contributed by atoms with E-state index < -0.39 is 23.8 Å². The van der Waals surface area contributed by atoms with E-state index in [0.717, 1.165) is 16.7 Å². The van der Waals surface area contributed by atoms with E-state index >= 15 is 0 Å². The number of rotatable bonds is 13. The van der Waals surface area contributed by atoms with Crippen LogP contribution in [0.1, 0.15) is 22.3 Å². The molecular formula is C32H30O6. The van der Waals surface area contributed by atoms with Gasteiger partial charge < -0.3 is 19.7 Å². The highest BCUT2D eigenvalue weighted by Gasteiger charge is 2.34. The maximum absolute atomic E-state index is 12.2. The zero-order valence-electron chi connectivity index (χ0n) is 20.9. The summed E-state index contributed by atoms with van der Waals surface area (Å²) in [4.78, 5) is 24.4. The van der Waals surface area contributed by atoms with Crippen LogP contribution >= 0.6 is 0 Å². The van der Waals surface area contributed by atoms with Crippen LogP contribution < -0.4 is 9.47 Å². The molecule has 4 aromatic carbocycles. The maximum atomic E-state index is 12.2. The van der Waals surface area contributed by atoms with Gasteiger partial charge in [0.2, 0.25) is 0 Å². The Bertz CT molecular complexity index is 1320. The van der Waals surface area contributed by atoms with Crippen molar-refractivity contribution in [3.8, 4) is 11.5 Å². The van der Waals surface area contributed by atoms with Crippen molar-refractivity contribution in [1.82, 2.24) is 0 Å². The van der Waals surface area contributed by atoms with Gasteiger partial charge in [0.05, 0.1) is 11.8 Å². The van der Waals surface area contributed by atoms with Gasteiger partial charge in [-0.15, -0.1) is 0 Å². The Kier molecular flexibility index (Phi) is 9.13. The van der Waals surface area contributed by atoms with Gasteiger partial charge in [0.25, 0.3) is 0 Å². The third-order valence-electron chi connectivity index (χ3n) is 6.36. The van der Waals surface area contributed by atoms with E-state index in [1.165, 1.54) is 0 Å². The third-order valence-corrected chi connectivity index (χ3v) is 6.36. The van der Waals surface area contributed by atoms with Crippen LogP contribution in [0.15, 0.2) is 109 Å². The molecule has 2 atom stereocenters. The van der Waals surface area contributed by atoms with Gasteiger partial charge in [-0.05, 0) is 47.2 Å². The van der Waals surface area contributed by atoms with Gasteiger partial charge in [-0.1, -0.05) is 97.1 Å². The summed E-state index contributed by atoms with van der Waals surface area (Å²) in [7, 11) is 0. The zero-order chi connectivity index (χ0) is 26.7. The average Bonchev–Trinajstić information content (AvgIpc) is 2.94. The molecule has 194 valence electrons. The number of carbonyl (C=O) groups is 2. The second kappa shape index (κ2) is 13.1. The molecule has 0 saturated heterocycles. The fraction of sp³-hybridized carbons (Fsp3) is 0.188. The Balaban J connectivity index is 1.57. The summed E-state index contributed by atoms with van der Waals surface area (Å²) in [6, 6.07) is 33.8. The predicted octanol–water partition coefficient (Wildman–Crippen LogP) is 6.03. The average molecular weight is 511 g/mol. The molecule has 0 saturated carbocycles. The molecule has 4 aromatic rings. The van der Waals surface area contributed by atoms with Crippen molar-refractivity contribution >= 4 is 11.9 Å². The normalized spacial score (nSPS) is 12.3. The summed E-state index contributed by atoms with van der Waals surface area (Å²) in [5.74, 6) is -3.49. The molecule has 2 N–H and O–H groups in total. The number of hydrogen-bond acceptors (Lipinski definition) is 4. The van der Waals surface area contributed by atoms with E-state index in [0.29, 0.717) is 30.3 Å². The second-order valence-corrected chi connectivity index (χ2v) is 9.11. The first-order valence-corrected chi connectivity index (χ1v) is 12.5. The highest BCUT2D eigenvalue weighted by Crippen LogP contribution is 2.32. The molecule has 0 radical (unpaired) electrons. The van der Waals surface area contributed by atoms with Crippen LogP contribution in [0.5, 0.6) is 11.5 Å². The molecule has 0 aromatic heterocycles. The summed E-state index contributed by atoms with van der Waals surface area (Å²) < 4.78 is 12.2. The molecule has 0 spiro atoms. The van der Waals surface area contributed by atoms with Crippen molar-refractivity contribution in [1.29, 1.82) is 0 Å². The molecule has 4 rings (SSSR count). The van der Waals surface area contributed by atoms with E-state index in [9.17, 15) is 19.8 Å². The number of benzene rings is 4. The van der Waals surface area contributed by atoms with Gasteiger partial charge in [-0.3, -0.25) is 9.59 Å². The minimum atomic E-state index is -1.15. The molecule has 0 aliphatic carbocycles. The van der Waals surface area contributed by atoms with Crippen molar-refractivity contribution in [2.24, 2.45) is 11.8 Å². The lowest BCUT2D eigenvalue weighted by molar-refractivity contribution is -0.153. The van der Waals surface area contributed by atoms with Crippen LogP contribution in [0.3, 0.4) is 0 Å². The summed E-state index contributed by atoms with van der Waals surface area (Å²) >= 11 is 0. The van der Waals surface area contributed by atoms with Crippen LogP contribution in [0.2, 0.25) is 0 Å². The first-order valence-electron chi connectivity index (χ1n) is 12.5. The van der Waals surface area contributed by atoms with E-state index in [1.54, 1.807) is 18.2 Å². The highest BCUT2D eigenvalue weighted by molar-refractivity contribution is 5.80. The first-order chi connectivity index (χ1) is 18.5. The van der Waals surface area contributed by atoms with E-state index in [1.807, 2.05) is 91.0 Å². The minimum Gasteiger partial charge on any atom is -0.485 e. The Hall–Kier alpha value is -4.58. The van der Waals surface area contributed by atoms with Gasteiger partial charge in [0, 0.05) is 0 Å². The molecule has 0 bridgehead atoms. The van der Waals surface area contributed by atoms with Gasteiger partial charge in [0.15, 0.2) is 11.5 Å². The number of carboxylic acids is 2. The highest BCUT2D eigenvalue weighted by atomic mass is 16.5. The summed E-state index contributed by atoms with van der Waals surface area (Å²) in [5, 5.41) is 19.9. The molecule has 0 amide bonds. The van der Waals surface area contributed by atoms with Gasteiger partial charge in [0.1, 0.15) is 13.2 Å². The fourth-order valence-electron chi connectivity index (χ4n) is 4.31. The van der Waals surface area contributed by atoms with Crippen LogP contribution in [-0.4, -0.2) is 22.2 Å². The van der Waals surface area contributed by atoms with E-state index in [-0.39, 0.29) is 12.8 Å². The first kappa shape index (κ1) is 26.5. The molecule has 6 nitrogen and oxygen atoms in total. The van der Waals surface area contributed by atoms with Crippen molar-refractivity contribution in [2.75, 3.05) is 0 Å². The standard InChI is InChI=1S/C32H30O6/c33-31(34)27(18-23-10-4-1-5-11-23)28(32(35)36)19-26-16-17-29(37-21-24-12-6-2-7-13-24)30(20-26)38-22-25-14-8-3-9-15-25/h1-17,20,27-28H,18-19,21-22H2,(H,33,34)(H,35,36)/t27-,28-/m0/s1. The summed E-state index contributed by atoms with van der Waals surface area (Å²) in [5.41, 5.74) is 3.42. The minimum absolute atomic E-state index is 0.0415. The van der Waals surface area contributed by atoms with Crippen LogP contribution in [0.25, 0.3) is 0 Å². The third kappa shape index (κ3) is 7.46. The molecule has 0 fully saturated rings. The molecule has 0 aliphatic heterocycles. The topological polar surface area (TPSA) is 93.1 Å². The van der Waals surface area contributed by atoms with E-state index in [4.69, 9.17) is 9.47 Å². The van der Waals surface area contributed by atoms with Gasteiger partial charge in [-0.25, -0.2) is 0 Å². The van der Waals surface area contributed by atoms with E-state index in [2.05, 4.69) is 0 Å². The second-order valence-electron chi connectivity index (χ2n) is 9.11. The summed E-state index contributed by atoms with van der Waals surface area (Å²) in [6.07, 6.45) is 0.169. The number of carboxylic acid groups (broad SMARTS) is 2. The Morgan fingerprint density at radius 1 is 0.526 bits per heavy atom. The van der Waals surface area contributed by atoms with Crippen molar-refractivity contribution in [3.05, 3.63) is 131 Å². The molecule has 0 aliphatic rings. The molecule has 6 heteroatoms. The zero-order valence-corrected chi connectivity index (χ0v) is 20.9. The molecule has 0 unspecified atom stereocenters. The number of hydrogen-bond donors (Lipinski definition) is 2. The number of aliphatic carboxylic acids is 2. The van der Waals surface area contributed by atoms with Crippen molar-refractivity contribution < 1.29 is 29.3 Å². The smallest absolute Gasteiger partial charge is 0.307 e. The Morgan fingerprint density at radius 3 is 1.42 bits per heavy atom. The van der Waals surface area contributed by atoms with Crippen molar-refractivity contribution in [2.45, 2.75) is 26.1 Å². The maximum Gasteiger partial charge on any atom is 0.307 e. The lowest BCUT2D eigenvalue weighted by atomic mass is 9.82. The van der Waals surface area contributed by atoms with Gasteiger partial charge in [-0.2, -0.15) is 0 Å². The van der Waals surface area contributed by atoms with Crippen LogP contribution in [0.4, 0.5) is 0 Å². The lowest BCUT2D eigenvalue weighted by Crippen LogP contribution is -2.33. The Labute approximate surface area is 222 Å². The van der Waals surface area contributed by atoms with Crippen LogP contribution in [-0.2, 0) is 35.6 Å². The van der Waals surface area contributed by atoms with Crippen LogP contribution in [0, 0.1) is 11.8 Å². The predicted molar refractivity (Wildman–Crippen MR) is 144 cm³/mol. The molecule has 0 heterocycles. The monoisotopic (exact) mass is 510 g/mol. The molecule has 38 heavy (non-hydrogen) atoms. The van der Waals surface area contributed by atoms with Crippen molar-refractivity contribution in [3.63, 3.8) is 0 Å². The fourth-order valence-corrected chi connectivity index (χ4v) is 4.31. The summed E-state index contributed by atoms with van der Waals surface area (Å²) in [6.45, 7) is 0.651. The largest absolute Gasteiger partial charge is 0.485 e. The quantitative estimate of drug-likeness (QED) is 0.228. The van der Waals surface area contributed by atoms with Gasteiger partial charge >= 0.3 is 11.9 Å².